The van der Waals surface area contributed by atoms with Crippen molar-refractivity contribution in [2.45, 2.75) is 12.5 Å². The maximum absolute atomic E-state index is 12.5. The van der Waals surface area contributed by atoms with Crippen LogP contribution in [0, 0.1) is 0 Å². The fourth-order valence-corrected chi connectivity index (χ4v) is 4.47. The predicted molar refractivity (Wildman–Crippen MR) is 115 cm³/mol. The summed E-state index contributed by atoms with van der Waals surface area (Å²) in [4.78, 5) is 13.2. The van der Waals surface area contributed by atoms with Gasteiger partial charge >= 0.3 is 0 Å². The lowest BCUT2D eigenvalue weighted by atomic mass is 10.1. The van der Waals surface area contributed by atoms with E-state index in [0.717, 1.165) is 44.2 Å². The van der Waals surface area contributed by atoms with E-state index in [1.54, 1.807) is 0 Å². The number of benzene rings is 3. The molecule has 1 aromatic heterocycles. The van der Waals surface area contributed by atoms with Crippen LogP contribution < -0.4 is 14.8 Å². The second-order valence-electron chi connectivity index (χ2n) is 6.99. The van der Waals surface area contributed by atoms with Gasteiger partial charge in [0.25, 0.3) is 5.91 Å². The Morgan fingerprint density at radius 3 is 2.69 bits per heavy atom. The Bertz CT molecular complexity index is 1140. The van der Waals surface area contributed by atoms with Crippen LogP contribution in [-0.4, -0.2) is 18.6 Å². The van der Waals surface area contributed by atoms with Gasteiger partial charge in [-0.15, -0.1) is 11.3 Å². The summed E-state index contributed by atoms with van der Waals surface area (Å²) in [5.74, 6) is 2.39. The molecule has 0 fully saturated rings. The van der Waals surface area contributed by atoms with E-state index >= 15 is 0 Å². The van der Waals surface area contributed by atoms with Crippen molar-refractivity contribution >= 4 is 27.3 Å². The molecule has 0 saturated carbocycles. The Hall–Kier alpha value is -3.31. The lowest BCUT2D eigenvalue weighted by molar-refractivity contribution is 0.0937. The van der Waals surface area contributed by atoms with Gasteiger partial charge in [-0.3, -0.25) is 4.79 Å². The van der Waals surface area contributed by atoms with Crippen molar-refractivity contribution in [3.05, 3.63) is 89.3 Å². The number of carbonyl (C=O) groups excluding carboxylic acids is 1. The standard InChI is InChI=1S/C24H19NO3S/c26-24(23-14-16-6-4-5-9-22(16)29-23)25-15-20-13-17-12-19(10-11-21(17)28-20)27-18-7-2-1-3-8-18/h1-12,14,20H,13,15H2,(H,25,26)/t20-/m0/s1. The van der Waals surface area contributed by atoms with Crippen LogP contribution in [0.1, 0.15) is 15.2 Å². The summed E-state index contributed by atoms with van der Waals surface area (Å²) in [5.41, 5.74) is 1.10. The van der Waals surface area contributed by atoms with Crippen LogP contribution >= 0.6 is 11.3 Å². The minimum absolute atomic E-state index is 0.0566. The maximum atomic E-state index is 12.5. The van der Waals surface area contributed by atoms with Crippen LogP contribution in [0.3, 0.4) is 0 Å². The van der Waals surface area contributed by atoms with Crippen molar-refractivity contribution in [2.24, 2.45) is 0 Å². The summed E-state index contributed by atoms with van der Waals surface area (Å²) >= 11 is 1.51. The van der Waals surface area contributed by atoms with Gasteiger partial charge in [0.2, 0.25) is 0 Å². The lowest BCUT2D eigenvalue weighted by Gasteiger charge is -2.11. The number of rotatable bonds is 5. The molecule has 1 aliphatic rings. The summed E-state index contributed by atoms with van der Waals surface area (Å²) in [6, 6.07) is 25.5. The van der Waals surface area contributed by atoms with Crippen LogP contribution in [0.5, 0.6) is 17.2 Å². The molecule has 0 saturated heterocycles. The van der Waals surface area contributed by atoms with Crippen molar-refractivity contribution in [2.75, 3.05) is 6.54 Å². The fourth-order valence-electron chi connectivity index (χ4n) is 3.49. The van der Waals surface area contributed by atoms with Crippen molar-refractivity contribution in [1.82, 2.24) is 5.32 Å². The topological polar surface area (TPSA) is 47.6 Å². The smallest absolute Gasteiger partial charge is 0.261 e. The Morgan fingerprint density at radius 1 is 1.00 bits per heavy atom. The molecule has 144 valence electrons. The first-order valence-corrected chi connectivity index (χ1v) is 10.4. The van der Waals surface area contributed by atoms with Crippen LogP contribution in [0.4, 0.5) is 0 Å². The minimum Gasteiger partial charge on any atom is -0.488 e. The molecule has 5 heteroatoms. The molecule has 1 N–H and O–H groups in total. The monoisotopic (exact) mass is 401 g/mol. The average molecular weight is 401 g/mol. The third-order valence-corrected chi connectivity index (χ3v) is 6.01. The molecule has 0 radical (unpaired) electrons. The van der Waals surface area contributed by atoms with E-state index in [1.807, 2.05) is 78.9 Å². The Labute approximate surface area is 172 Å². The van der Waals surface area contributed by atoms with Gasteiger partial charge in [-0.05, 0) is 47.9 Å². The Morgan fingerprint density at radius 2 is 1.83 bits per heavy atom. The second-order valence-corrected chi connectivity index (χ2v) is 8.07. The summed E-state index contributed by atoms with van der Waals surface area (Å²) < 4.78 is 13.0. The van der Waals surface area contributed by atoms with Gasteiger partial charge in [-0.2, -0.15) is 0 Å². The number of para-hydroxylation sites is 1. The number of nitrogens with one attached hydrogen (secondary N) is 1. The van der Waals surface area contributed by atoms with E-state index in [-0.39, 0.29) is 12.0 Å². The Balaban J connectivity index is 1.21. The molecule has 0 aliphatic carbocycles. The predicted octanol–water partition coefficient (Wildman–Crippen LogP) is 5.43. The highest BCUT2D eigenvalue weighted by molar-refractivity contribution is 7.20. The maximum Gasteiger partial charge on any atom is 0.261 e. The van der Waals surface area contributed by atoms with Crippen LogP contribution in [0.15, 0.2) is 78.9 Å². The molecule has 3 aromatic carbocycles. The van der Waals surface area contributed by atoms with Gasteiger partial charge in [0.05, 0.1) is 11.4 Å². The van der Waals surface area contributed by atoms with Crippen molar-refractivity contribution < 1.29 is 14.3 Å². The van der Waals surface area contributed by atoms with Crippen molar-refractivity contribution in [1.29, 1.82) is 0 Å². The summed E-state index contributed by atoms with van der Waals surface area (Å²) in [6.07, 6.45) is 0.670. The summed E-state index contributed by atoms with van der Waals surface area (Å²) in [6.45, 7) is 0.469. The normalized spacial score (nSPS) is 15.0. The average Bonchev–Trinajstić information content (AvgIpc) is 3.36. The van der Waals surface area contributed by atoms with E-state index in [2.05, 4.69) is 5.32 Å². The summed E-state index contributed by atoms with van der Waals surface area (Å²) in [7, 11) is 0. The molecule has 2 heterocycles. The molecular formula is C24H19NO3S. The van der Waals surface area contributed by atoms with Crippen LogP contribution in [0.25, 0.3) is 10.1 Å². The van der Waals surface area contributed by atoms with Gasteiger partial charge in [0, 0.05) is 16.7 Å². The molecule has 0 bridgehead atoms. The molecule has 0 unspecified atom stereocenters. The largest absolute Gasteiger partial charge is 0.488 e. The quantitative estimate of drug-likeness (QED) is 0.485. The van der Waals surface area contributed by atoms with E-state index in [4.69, 9.17) is 9.47 Å². The van der Waals surface area contributed by atoms with Crippen molar-refractivity contribution in [3.63, 3.8) is 0 Å². The van der Waals surface area contributed by atoms with Gasteiger partial charge in [-0.25, -0.2) is 0 Å². The molecular weight excluding hydrogens is 382 g/mol. The van der Waals surface area contributed by atoms with E-state index in [0.29, 0.717) is 6.54 Å². The first-order chi connectivity index (χ1) is 14.2. The fraction of sp³-hybridized carbons (Fsp3) is 0.125. The summed E-state index contributed by atoms with van der Waals surface area (Å²) in [5, 5.41) is 4.10. The first kappa shape index (κ1) is 17.8. The molecule has 4 nitrogen and oxygen atoms in total. The SMILES string of the molecule is O=C(NC[C@@H]1Cc2cc(Oc3ccccc3)ccc2O1)c1cc2ccccc2s1. The highest BCUT2D eigenvalue weighted by Crippen LogP contribution is 2.33. The van der Waals surface area contributed by atoms with Crippen LogP contribution in [0.2, 0.25) is 0 Å². The van der Waals surface area contributed by atoms with E-state index in [1.165, 1.54) is 11.3 Å². The zero-order chi connectivity index (χ0) is 19.6. The highest BCUT2D eigenvalue weighted by Gasteiger charge is 2.24. The molecule has 0 spiro atoms. The lowest BCUT2D eigenvalue weighted by Crippen LogP contribution is -2.34. The number of amides is 1. The number of thiophene rings is 1. The number of carbonyl (C=O) groups is 1. The highest BCUT2D eigenvalue weighted by atomic mass is 32.1. The first-order valence-electron chi connectivity index (χ1n) is 9.54. The molecule has 29 heavy (non-hydrogen) atoms. The third kappa shape index (κ3) is 3.82. The van der Waals surface area contributed by atoms with Gasteiger partial charge in [0.15, 0.2) is 0 Å². The second kappa shape index (κ2) is 7.60. The molecule has 1 atom stereocenters. The molecule has 4 aromatic rings. The third-order valence-electron chi connectivity index (χ3n) is 4.89. The van der Waals surface area contributed by atoms with E-state index in [9.17, 15) is 4.79 Å². The zero-order valence-corrected chi connectivity index (χ0v) is 16.4. The number of ether oxygens (including phenoxy) is 2. The van der Waals surface area contributed by atoms with Gasteiger partial charge in [0.1, 0.15) is 23.4 Å². The van der Waals surface area contributed by atoms with Gasteiger partial charge in [-0.1, -0.05) is 36.4 Å². The van der Waals surface area contributed by atoms with Gasteiger partial charge < -0.3 is 14.8 Å². The number of hydrogen-bond donors (Lipinski definition) is 1. The molecule has 1 amide bonds. The number of hydrogen-bond acceptors (Lipinski definition) is 4. The molecule has 5 rings (SSSR count). The Kier molecular flexibility index (Phi) is 4.66. The van der Waals surface area contributed by atoms with Crippen LogP contribution in [-0.2, 0) is 6.42 Å². The zero-order valence-electron chi connectivity index (χ0n) is 15.6. The molecule has 1 aliphatic heterocycles. The number of fused-ring (bicyclic) bond motifs is 2. The van der Waals surface area contributed by atoms with E-state index < -0.39 is 0 Å². The minimum atomic E-state index is -0.0738. The van der Waals surface area contributed by atoms with Crippen molar-refractivity contribution in [3.8, 4) is 17.2 Å².